The number of imidazole rings is 1. The predicted molar refractivity (Wildman–Crippen MR) is 96.4 cm³/mol. The maximum Gasteiger partial charge on any atom is 0.165 e. The van der Waals surface area contributed by atoms with Crippen LogP contribution < -0.4 is 0 Å². The molecule has 0 saturated carbocycles. The number of aliphatic hydroxyl groups is 1. The summed E-state index contributed by atoms with van der Waals surface area (Å²) >= 11 is 5.96. The van der Waals surface area contributed by atoms with Crippen molar-refractivity contribution in [3.05, 3.63) is 53.6 Å². The molecule has 2 heterocycles. The van der Waals surface area contributed by atoms with Crippen LogP contribution in [0.4, 0.5) is 0 Å². The zero-order valence-corrected chi connectivity index (χ0v) is 15.4. The van der Waals surface area contributed by atoms with Gasteiger partial charge in [0.2, 0.25) is 0 Å². The van der Waals surface area contributed by atoms with Crippen LogP contribution in [0.15, 0.2) is 43.0 Å². The molecule has 6 heteroatoms. The van der Waals surface area contributed by atoms with Crippen LogP contribution in [0.25, 0.3) is 0 Å². The van der Waals surface area contributed by atoms with E-state index in [4.69, 9.17) is 21.1 Å². The topological polar surface area (TPSA) is 56.5 Å². The SMILES string of the molecule is CC(C)(C1OCCO1)C(O)(CCc1ccc(Cl)cc1)Cn1ccnc1. The summed E-state index contributed by atoms with van der Waals surface area (Å²) < 4.78 is 13.4. The summed E-state index contributed by atoms with van der Waals surface area (Å²) in [4.78, 5) is 4.09. The lowest BCUT2D eigenvalue weighted by atomic mass is 9.71. The van der Waals surface area contributed by atoms with Crippen molar-refractivity contribution in [2.45, 2.75) is 45.1 Å². The molecule has 5 nitrogen and oxygen atoms in total. The zero-order valence-electron chi connectivity index (χ0n) is 14.7. The minimum Gasteiger partial charge on any atom is -0.387 e. The van der Waals surface area contributed by atoms with Crippen LogP contribution >= 0.6 is 11.6 Å². The number of hydrogen-bond acceptors (Lipinski definition) is 4. The first-order valence-electron chi connectivity index (χ1n) is 8.56. The molecule has 1 unspecified atom stereocenters. The molecule has 1 fully saturated rings. The maximum absolute atomic E-state index is 11.7. The molecule has 0 bridgehead atoms. The molecule has 0 aliphatic carbocycles. The number of nitrogens with zero attached hydrogens (tertiary/aromatic N) is 2. The van der Waals surface area contributed by atoms with E-state index in [0.717, 1.165) is 12.0 Å². The minimum absolute atomic E-state index is 0.425. The molecule has 0 spiro atoms. The zero-order chi connectivity index (χ0) is 17.9. The van der Waals surface area contributed by atoms with Gasteiger partial charge in [-0.3, -0.25) is 0 Å². The van der Waals surface area contributed by atoms with Gasteiger partial charge >= 0.3 is 0 Å². The molecular formula is C19H25ClN2O3. The molecule has 136 valence electrons. The molecule has 1 N–H and O–H groups in total. The van der Waals surface area contributed by atoms with E-state index >= 15 is 0 Å². The number of aryl methyl sites for hydroxylation is 1. The first-order chi connectivity index (χ1) is 11.9. The molecule has 1 saturated heterocycles. The quantitative estimate of drug-likeness (QED) is 0.819. The second-order valence-corrected chi connectivity index (χ2v) is 7.62. The first-order valence-corrected chi connectivity index (χ1v) is 8.94. The van der Waals surface area contributed by atoms with Crippen LogP contribution in [-0.2, 0) is 22.4 Å². The Morgan fingerprint density at radius 2 is 1.92 bits per heavy atom. The number of aromatic nitrogens is 2. The van der Waals surface area contributed by atoms with Crippen LogP contribution in [-0.4, -0.2) is 39.8 Å². The highest BCUT2D eigenvalue weighted by Crippen LogP contribution is 2.42. The molecule has 3 rings (SSSR count). The van der Waals surface area contributed by atoms with Crippen molar-refractivity contribution in [2.75, 3.05) is 13.2 Å². The van der Waals surface area contributed by atoms with E-state index in [1.54, 1.807) is 12.5 Å². The smallest absolute Gasteiger partial charge is 0.165 e. The van der Waals surface area contributed by atoms with E-state index in [9.17, 15) is 5.11 Å². The number of hydrogen-bond donors (Lipinski definition) is 1. The fourth-order valence-corrected chi connectivity index (χ4v) is 3.41. The van der Waals surface area contributed by atoms with Gasteiger partial charge in [-0.05, 0) is 30.5 Å². The van der Waals surface area contributed by atoms with E-state index in [1.807, 2.05) is 48.9 Å². The van der Waals surface area contributed by atoms with E-state index < -0.39 is 17.3 Å². The second kappa shape index (κ2) is 7.46. The lowest BCUT2D eigenvalue weighted by Gasteiger charge is -2.45. The normalized spacial score (nSPS) is 18.4. The first kappa shape index (κ1) is 18.4. The maximum atomic E-state index is 11.7. The van der Waals surface area contributed by atoms with Gasteiger partial charge < -0.3 is 19.1 Å². The van der Waals surface area contributed by atoms with Gasteiger partial charge in [-0.2, -0.15) is 0 Å². The molecule has 1 aromatic heterocycles. The Kier molecular flexibility index (Phi) is 5.49. The molecular weight excluding hydrogens is 340 g/mol. The summed E-state index contributed by atoms with van der Waals surface area (Å²) in [6.45, 7) is 5.55. The van der Waals surface area contributed by atoms with Crippen molar-refractivity contribution in [2.24, 2.45) is 5.41 Å². The van der Waals surface area contributed by atoms with E-state index in [0.29, 0.717) is 31.2 Å². The van der Waals surface area contributed by atoms with Crippen molar-refractivity contribution < 1.29 is 14.6 Å². The summed E-state index contributed by atoms with van der Waals surface area (Å²) in [5, 5.41) is 12.4. The van der Waals surface area contributed by atoms with Crippen LogP contribution in [0.1, 0.15) is 25.8 Å². The average Bonchev–Trinajstić information content (AvgIpc) is 3.28. The van der Waals surface area contributed by atoms with Crippen molar-refractivity contribution in [3.8, 4) is 0 Å². The Morgan fingerprint density at radius 1 is 1.24 bits per heavy atom. The summed E-state index contributed by atoms with van der Waals surface area (Å²) in [6, 6.07) is 7.74. The number of benzene rings is 1. The van der Waals surface area contributed by atoms with Crippen LogP contribution in [0.2, 0.25) is 5.02 Å². The second-order valence-electron chi connectivity index (χ2n) is 7.19. The highest BCUT2D eigenvalue weighted by atomic mass is 35.5. The molecule has 1 aliphatic rings. The monoisotopic (exact) mass is 364 g/mol. The lowest BCUT2D eigenvalue weighted by Crippen LogP contribution is -2.54. The summed E-state index contributed by atoms with van der Waals surface area (Å²) in [7, 11) is 0. The Hall–Kier alpha value is -1.40. The lowest BCUT2D eigenvalue weighted by molar-refractivity contribution is -0.208. The number of ether oxygens (including phenoxy) is 2. The minimum atomic E-state index is -1.03. The van der Waals surface area contributed by atoms with Crippen molar-refractivity contribution >= 4 is 11.6 Å². The van der Waals surface area contributed by atoms with Crippen LogP contribution in [0, 0.1) is 5.41 Å². The van der Waals surface area contributed by atoms with Gasteiger partial charge in [0, 0.05) is 22.8 Å². The third-order valence-corrected chi connectivity index (χ3v) is 5.41. The van der Waals surface area contributed by atoms with Crippen LogP contribution in [0.3, 0.4) is 0 Å². The Bertz CT molecular complexity index is 666. The Labute approximate surface area is 153 Å². The van der Waals surface area contributed by atoms with Gasteiger partial charge in [-0.15, -0.1) is 0 Å². The molecule has 0 radical (unpaired) electrons. The molecule has 1 aliphatic heterocycles. The Balaban J connectivity index is 1.81. The molecule has 1 atom stereocenters. The van der Waals surface area contributed by atoms with Gasteiger partial charge in [-0.1, -0.05) is 37.6 Å². The van der Waals surface area contributed by atoms with Gasteiger partial charge in [0.05, 0.1) is 31.7 Å². The van der Waals surface area contributed by atoms with Gasteiger partial charge in [-0.25, -0.2) is 4.98 Å². The summed E-state index contributed by atoms with van der Waals surface area (Å²) in [5.74, 6) is 0. The number of halogens is 1. The van der Waals surface area contributed by atoms with Crippen LogP contribution in [0.5, 0.6) is 0 Å². The van der Waals surface area contributed by atoms with Crippen molar-refractivity contribution in [3.63, 3.8) is 0 Å². The van der Waals surface area contributed by atoms with E-state index in [1.165, 1.54) is 0 Å². The third kappa shape index (κ3) is 4.06. The summed E-state index contributed by atoms with van der Waals surface area (Å²) in [5.41, 5.74) is -0.472. The highest BCUT2D eigenvalue weighted by Gasteiger charge is 2.50. The van der Waals surface area contributed by atoms with Gasteiger partial charge in [0.15, 0.2) is 6.29 Å². The van der Waals surface area contributed by atoms with Gasteiger partial charge in [0.1, 0.15) is 0 Å². The fraction of sp³-hybridized carbons (Fsp3) is 0.526. The molecule has 2 aromatic rings. The van der Waals surface area contributed by atoms with E-state index in [2.05, 4.69) is 4.98 Å². The summed E-state index contributed by atoms with van der Waals surface area (Å²) in [6.07, 6.45) is 6.18. The number of rotatable bonds is 7. The van der Waals surface area contributed by atoms with E-state index in [-0.39, 0.29) is 0 Å². The van der Waals surface area contributed by atoms with Gasteiger partial charge in [0.25, 0.3) is 0 Å². The van der Waals surface area contributed by atoms with Crippen molar-refractivity contribution in [1.29, 1.82) is 0 Å². The third-order valence-electron chi connectivity index (χ3n) is 5.15. The highest BCUT2D eigenvalue weighted by molar-refractivity contribution is 6.30. The fourth-order valence-electron chi connectivity index (χ4n) is 3.28. The molecule has 1 aromatic carbocycles. The molecule has 25 heavy (non-hydrogen) atoms. The largest absolute Gasteiger partial charge is 0.387 e. The predicted octanol–water partition coefficient (Wildman–Crippen LogP) is 3.30. The molecule has 0 amide bonds. The van der Waals surface area contributed by atoms with Crippen molar-refractivity contribution in [1.82, 2.24) is 9.55 Å². The average molecular weight is 365 g/mol. The standard InChI is InChI=1S/C19H25ClN2O3/c1-18(2,17-24-11-12-25-17)19(23,13-22-10-9-21-14-22)8-7-15-3-5-16(20)6-4-15/h3-6,9-10,14,17,23H,7-8,11-13H2,1-2H3. The Morgan fingerprint density at radius 3 is 2.52 bits per heavy atom.